The second-order valence-electron chi connectivity index (χ2n) is 8.43. The average molecular weight is 252 g/mol. The molecule has 0 aromatic carbocycles. The molecule has 0 aromatic heterocycles. The van der Waals surface area contributed by atoms with Gasteiger partial charge in [-0.2, -0.15) is 0 Å². The molecule has 0 bridgehead atoms. The van der Waals surface area contributed by atoms with E-state index in [0.29, 0.717) is 17.1 Å². The van der Waals surface area contributed by atoms with Gasteiger partial charge in [0.05, 0.1) is 0 Å². The van der Waals surface area contributed by atoms with E-state index in [2.05, 4.69) is 41.5 Å². The molecule has 0 atom stereocenters. The second kappa shape index (κ2) is 5.75. The van der Waals surface area contributed by atoms with Crippen LogP contribution < -0.4 is 0 Å². The lowest BCUT2D eigenvalue weighted by atomic mass is 9.72. The van der Waals surface area contributed by atoms with Crippen LogP contribution in [0.15, 0.2) is 0 Å². The summed E-state index contributed by atoms with van der Waals surface area (Å²) >= 11 is 0. The van der Waals surface area contributed by atoms with Crippen molar-refractivity contribution in [3.63, 3.8) is 0 Å². The van der Waals surface area contributed by atoms with Crippen LogP contribution >= 0.6 is 0 Å². The highest BCUT2D eigenvalue weighted by Crippen LogP contribution is 2.37. The lowest BCUT2D eigenvalue weighted by Crippen LogP contribution is -2.31. The van der Waals surface area contributed by atoms with Crippen molar-refractivity contribution in [3.8, 4) is 0 Å². The third-order valence-corrected chi connectivity index (χ3v) is 4.26. The summed E-state index contributed by atoms with van der Waals surface area (Å²) in [4.78, 5) is 12.2. The highest BCUT2D eigenvalue weighted by molar-refractivity contribution is 5.85. The lowest BCUT2D eigenvalue weighted by molar-refractivity contribution is -0.131. The van der Waals surface area contributed by atoms with E-state index < -0.39 is 0 Å². The van der Waals surface area contributed by atoms with E-state index in [-0.39, 0.29) is 5.41 Å². The molecule has 1 heteroatoms. The maximum atomic E-state index is 12.2. The summed E-state index contributed by atoms with van der Waals surface area (Å²) in [7, 11) is 0. The number of ketones is 1. The minimum absolute atomic E-state index is 0.150. The molecule has 0 saturated heterocycles. The third kappa shape index (κ3) is 5.12. The number of rotatable bonds is 3. The van der Waals surface area contributed by atoms with Crippen LogP contribution in [0.3, 0.4) is 0 Å². The molecule has 1 aliphatic carbocycles. The van der Waals surface area contributed by atoms with Gasteiger partial charge in [-0.05, 0) is 49.9 Å². The molecular formula is C17H32O. The Balaban J connectivity index is 2.35. The topological polar surface area (TPSA) is 17.1 Å². The molecule has 0 amide bonds. The minimum Gasteiger partial charge on any atom is -0.299 e. The standard InChI is InChI=1S/C17H32O/c1-16(2,3)12-11-13-7-9-14(10-8-13)15(18)17(4,5)6/h13-14H,7-12H2,1-6H3. The Morgan fingerprint density at radius 3 is 1.83 bits per heavy atom. The number of hydrogen-bond acceptors (Lipinski definition) is 1. The van der Waals surface area contributed by atoms with Gasteiger partial charge in [-0.1, -0.05) is 41.5 Å². The molecule has 0 spiro atoms. The van der Waals surface area contributed by atoms with Gasteiger partial charge < -0.3 is 0 Å². The average Bonchev–Trinajstić information content (AvgIpc) is 2.24. The summed E-state index contributed by atoms with van der Waals surface area (Å²) in [5.41, 5.74) is 0.307. The third-order valence-electron chi connectivity index (χ3n) is 4.26. The molecule has 106 valence electrons. The molecule has 1 fully saturated rings. The molecule has 1 nitrogen and oxygen atoms in total. The maximum absolute atomic E-state index is 12.2. The van der Waals surface area contributed by atoms with Crippen molar-refractivity contribution in [1.82, 2.24) is 0 Å². The van der Waals surface area contributed by atoms with Gasteiger partial charge in [-0.3, -0.25) is 4.79 Å². The predicted octanol–water partition coefficient (Wildman–Crippen LogP) is 5.23. The van der Waals surface area contributed by atoms with E-state index in [0.717, 1.165) is 18.8 Å². The van der Waals surface area contributed by atoms with Crippen LogP contribution in [0.5, 0.6) is 0 Å². The van der Waals surface area contributed by atoms with Gasteiger partial charge >= 0.3 is 0 Å². The zero-order valence-electron chi connectivity index (χ0n) is 13.3. The molecule has 0 radical (unpaired) electrons. The first-order chi connectivity index (χ1) is 8.09. The quantitative estimate of drug-likeness (QED) is 0.672. The molecule has 0 N–H and O–H groups in total. The Morgan fingerprint density at radius 2 is 1.44 bits per heavy atom. The van der Waals surface area contributed by atoms with E-state index in [9.17, 15) is 4.79 Å². The molecule has 0 aliphatic heterocycles. The molecule has 0 aromatic rings. The highest BCUT2D eigenvalue weighted by Gasteiger charge is 2.32. The fourth-order valence-corrected chi connectivity index (χ4v) is 2.96. The highest BCUT2D eigenvalue weighted by atomic mass is 16.1. The van der Waals surface area contributed by atoms with Crippen molar-refractivity contribution >= 4 is 5.78 Å². The van der Waals surface area contributed by atoms with Crippen molar-refractivity contribution < 1.29 is 4.79 Å². The van der Waals surface area contributed by atoms with E-state index in [1.165, 1.54) is 25.7 Å². The summed E-state index contributed by atoms with van der Waals surface area (Å²) in [5.74, 6) is 1.70. The number of hydrogen-bond donors (Lipinski definition) is 0. The first-order valence-electron chi connectivity index (χ1n) is 7.64. The summed E-state index contributed by atoms with van der Waals surface area (Å²) < 4.78 is 0. The van der Waals surface area contributed by atoms with Gasteiger partial charge in [0.2, 0.25) is 0 Å². The Labute approximate surface area is 114 Å². The van der Waals surface area contributed by atoms with E-state index in [1.807, 2.05) is 0 Å². The van der Waals surface area contributed by atoms with Crippen molar-refractivity contribution in [1.29, 1.82) is 0 Å². The summed E-state index contributed by atoms with van der Waals surface area (Å²) in [5, 5.41) is 0. The van der Waals surface area contributed by atoms with Crippen molar-refractivity contribution in [2.24, 2.45) is 22.7 Å². The zero-order chi connectivity index (χ0) is 14.0. The van der Waals surface area contributed by atoms with Gasteiger partial charge in [0, 0.05) is 11.3 Å². The molecule has 0 unspecified atom stereocenters. The minimum atomic E-state index is -0.150. The van der Waals surface area contributed by atoms with Crippen LogP contribution in [0, 0.1) is 22.7 Å². The summed E-state index contributed by atoms with van der Waals surface area (Å²) in [6, 6.07) is 0. The van der Waals surface area contributed by atoms with E-state index >= 15 is 0 Å². The van der Waals surface area contributed by atoms with Crippen LogP contribution in [0.1, 0.15) is 80.1 Å². The summed E-state index contributed by atoms with van der Waals surface area (Å²) in [6.45, 7) is 13.1. The van der Waals surface area contributed by atoms with Gasteiger partial charge in [-0.15, -0.1) is 0 Å². The van der Waals surface area contributed by atoms with E-state index in [4.69, 9.17) is 0 Å². The van der Waals surface area contributed by atoms with Crippen LogP contribution in [0.4, 0.5) is 0 Å². The predicted molar refractivity (Wildman–Crippen MR) is 78.6 cm³/mol. The number of carbonyl (C=O) groups excluding carboxylic acids is 1. The van der Waals surface area contributed by atoms with Crippen molar-refractivity contribution in [3.05, 3.63) is 0 Å². The largest absolute Gasteiger partial charge is 0.299 e. The van der Waals surface area contributed by atoms with Crippen LogP contribution in [-0.4, -0.2) is 5.78 Å². The molecule has 1 rings (SSSR count). The zero-order valence-corrected chi connectivity index (χ0v) is 13.3. The smallest absolute Gasteiger partial charge is 0.141 e. The Kier molecular flexibility index (Phi) is 5.03. The first kappa shape index (κ1) is 15.7. The SMILES string of the molecule is CC(C)(C)CCC1CCC(C(=O)C(C)(C)C)CC1. The van der Waals surface area contributed by atoms with Crippen LogP contribution in [0.25, 0.3) is 0 Å². The first-order valence-corrected chi connectivity index (χ1v) is 7.64. The van der Waals surface area contributed by atoms with Crippen LogP contribution in [-0.2, 0) is 4.79 Å². The second-order valence-corrected chi connectivity index (χ2v) is 8.43. The molecule has 18 heavy (non-hydrogen) atoms. The Hall–Kier alpha value is -0.330. The van der Waals surface area contributed by atoms with Gasteiger partial charge in [0.15, 0.2) is 0 Å². The fourth-order valence-electron chi connectivity index (χ4n) is 2.96. The maximum Gasteiger partial charge on any atom is 0.141 e. The van der Waals surface area contributed by atoms with Crippen molar-refractivity contribution in [2.75, 3.05) is 0 Å². The lowest BCUT2D eigenvalue weighted by Gasteiger charge is -2.32. The summed E-state index contributed by atoms with van der Waals surface area (Å²) in [6.07, 6.45) is 7.45. The number of Topliss-reactive ketones (excluding diaryl/α,β-unsaturated/α-hetero) is 1. The Bertz CT molecular complexity index is 269. The fraction of sp³-hybridized carbons (Fsp3) is 0.941. The number of carbonyl (C=O) groups is 1. The van der Waals surface area contributed by atoms with Gasteiger partial charge in [0.1, 0.15) is 5.78 Å². The van der Waals surface area contributed by atoms with Gasteiger partial charge in [-0.25, -0.2) is 0 Å². The van der Waals surface area contributed by atoms with E-state index in [1.54, 1.807) is 0 Å². The molecule has 0 heterocycles. The Morgan fingerprint density at radius 1 is 0.944 bits per heavy atom. The van der Waals surface area contributed by atoms with Crippen molar-refractivity contribution in [2.45, 2.75) is 80.1 Å². The molecular weight excluding hydrogens is 220 g/mol. The monoisotopic (exact) mass is 252 g/mol. The molecule has 1 aliphatic rings. The van der Waals surface area contributed by atoms with Crippen LogP contribution in [0.2, 0.25) is 0 Å². The molecule has 1 saturated carbocycles. The van der Waals surface area contributed by atoms with Gasteiger partial charge in [0.25, 0.3) is 0 Å². The normalized spacial score (nSPS) is 26.1.